The normalized spacial score (nSPS) is 22.4. The van der Waals surface area contributed by atoms with Gasteiger partial charge in [-0.2, -0.15) is 0 Å². The maximum atomic E-state index is 12.0. The van der Waals surface area contributed by atoms with E-state index in [0.29, 0.717) is 26.4 Å². The Hall–Kier alpha value is -1.43. The van der Waals surface area contributed by atoms with E-state index >= 15 is 0 Å². The third-order valence-corrected chi connectivity index (χ3v) is 3.33. The van der Waals surface area contributed by atoms with E-state index in [2.05, 4.69) is 5.32 Å². The van der Waals surface area contributed by atoms with Gasteiger partial charge in [-0.3, -0.25) is 4.79 Å². The van der Waals surface area contributed by atoms with Crippen molar-refractivity contribution in [3.8, 4) is 0 Å². The Labute approximate surface area is 113 Å². The van der Waals surface area contributed by atoms with Crippen LogP contribution in [0.25, 0.3) is 0 Å². The van der Waals surface area contributed by atoms with Crippen molar-refractivity contribution in [3.05, 3.63) is 35.4 Å². The zero-order valence-electron chi connectivity index (χ0n) is 11.1. The van der Waals surface area contributed by atoms with Crippen LogP contribution in [0.4, 0.5) is 0 Å². The maximum Gasteiger partial charge on any atom is 0.227 e. The van der Waals surface area contributed by atoms with E-state index in [-0.39, 0.29) is 17.9 Å². The minimum atomic E-state index is -0.241. The Balaban J connectivity index is 1.93. The molecule has 2 unspecified atom stereocenters. The lowest BCUT2D eigenvalue weighted by Crippen LogP contribution is -2.40. The third-order valence-electron chi connectivity index (χ3n) is 3.33. The number of amides is 1. The minimum Gasteiger partial charge on any atom is -0.380 e. The van der Waals surface area contributed by atoms with Crippen LogP contribution in [0.1, 0.15) is 11.1 Å². The third kappa shape index (κ3) is 3.53. The summed E-state index contributed by atoms with van der Waals surface area (Å²) >= 11 is 0. The standard InChI is InChI=1S/C14H20N2O3/c1-18-7-11-5-3-2-4-10(11)6-16-14(17)12-8-19-9-13(12)15/h2-5,12-13H,6-9,15H2,1H3,(H,16,17). The van der Waals surface area contributed by atoms with Crippen LogP contribution < -0.4 is 11.1 Å². The van der Waals surface area contributed by atoms with Gasteiger partial charge in [-0.15, -0.1) is 0 Å². The summed E-state index contributed by atoms with van der Waals surface area (Å²) in [6.07, 6.45) is 0. The van der Waals surface area contributed by atoms with Crippen molar-refractivity contribution in [1.82, 2.24) is 5.32 Å². The van der Waals surface area contributed by atoms with Crippen molar-refractivity contribution >= 4 is 5.91 Å². The highest BCUT2D eigenvalue weighted by Gasteiger charge is 2.31. The van der Waals surface area contributed by atoms with Crippen LogP contribution in [-0.2, 0) is 27.4 Å². The average Bonchev–Trinajstić information content (AvgIpc) is 2.84. The van der Waals surface area contributed by atoms with E-state index in [4.69, 9.17) is 15.2 Å². The smallest absolute Gasteiger partial charge is 0.227 e. The van der Waals surface area contributed by atoms with Gasteiger partial charge in [0.25, 0.3) is 0 Å². The van der Waals surface area contributed by atoms with Crippen LogP contribution in [0.3, 0.4) is 0 Å². The van der Waals surface area contributed by atoms with Gasteiger partial charge >= 0.3 is 0 Å². The Morgan fingerprint density at radius 1 is 1.42 bits per heavy atom. The molecule has 1 aromatic carbocycles. The van der Waals surface area contributed by atoms with Gasteiger partial charge in [0.15, 0.2) is 0 Å². The van der Waals surface area contributed by atoms with Gasteiger partial charge in [0, 0.05) is 19.7 Å². The summed E-state index contributed by atoms with van der Waals surface area (Å²) < 4.78 is 10.3. The summed E-state index contributed by atoms with van der Waals surface area (Å²) in [4.78, 5) is 12.0. The van der Waals surface area contributed by atoms with E-state index in [9.17, 15) is 4.79 Å². The van der Waals surface area contributed by atoms with Gasteiger partial charge in [-0.25, -0.2) is 0 Å². The molecule has 0 aliphatic carbocycles. The second-order valence-electron chi connectivity index (χ2n) is 4.73. The summed E-state index contributed by atoms with van der Waals surface area (Å²) in [5.41, 5.74) is 7.96. The highest BCUT2D eigenvalue weighted by molar-refractivity contribution is 5.79. The van der Waals surface area contributed by atoms with Crippen molar-refractivity contribution in [2.24, 2.45) is 11.7 Å². The molecule has 1 heterocycles. The fourth-order valence-corrected chi connectivity index (χ4v) is 2.18. The number of ether oxygens (including phenoxy) is 2. The van der Waals surface area contributed by atoms with Crippen molar-refractivity contribution in [2.75, 3.05) is 20.3 Å². The Morgan fingerprint density at radius 3 is 2.79 bits per heavy atom. The van der Waals surface area contributed by atoms with Crippen LogP contribution in [0.2, 0.25) is 0 Å². The number of rotatable bonds is 5. The molecule has 0 aromatic heterocycles. The molecular weight excluding hydrogens is 244 g/mol. The summed E-state index contributed by atoms with van der Waals surface area (Å²) in [5.74, 6) is -0.285. The molecule has 19 heavy (non-hydrogen) atoms. The van der Waals surface area contributed by atoms with Crippen molar-refractivity contribution in [1.29, 1.82) is 0 Å². The monoisotopic (exact) mass is 264 g/mol. The Kier molecular flexibility index (Phi) is 4.90. The molecule has 1 aromatic rings. The molecule has 1 amide bonds. The van der Waals surface area contributed by atoms with E-state index in [1.54, 1.807) is 7.11 Å². The van der Waals surface area contributed by atoms with Gasteiger partial charge in [-0.05, 0) is 11.1 Å². The van der Waals surface area contributed by atoms with Crippen molar-refractivity contribution in [3.63, 3.8) is 0 Å². The minimum absolute atomic E-state index is 0.0442. The highest BCUT2D eigenvalue weighted by Crippen LogP contribution is 2.13. The predicted molar refractivity (Wildman–Crippen MR) is 71.3 cm³/mol. The van der Waals surface area contributed by atoms with Gasteiger partial charge in [0.1, 0.15) is 0 Å². The Morgan fingerprint density at radius 2 is 2.16 bits per heavy atom. The van der Waals surface area contributed by atoms with Crippen molar-refractivity contribution in [2.45, 2.75) is 19.2 Å². The van der Waals surface area contributed by atoms with Crippen LogP contribution in [-0.4, -0.2) is 32.3 Å². The van der Waals surface area contributed by atoms with Gasteiger partial charge in [0.2, 0.25) is 5.91 Å². The van der Waals surface area contributed by atoms with Crippen molar-refractivity contribution < 1.29 is 14.3 Å². The molecule has 0 bridgehead atoms. The Bertz CT molecular complexity index is 436. The number of hydrogen-bond donors (Lipinski definition) is 2. The maximum absolute atomic E-state index is 12.0. The zero-order valence-corrected chi connectivity index (χ0v) is 11.1. The predicted octanol–water partition coefficient (Wildman–Crippen LogP) is 0.423. The molecule has 2 atom stereocenters. The van der Waals surface area contributed by atoms with Crippen LogP contribution in [0.5, 0.6) is 0 Å². The number of methoxy groups -OCH3 is 1. The lowest BCUT2D eigenvalue weighted by molar-refractivity contribution is -0.125. The molecule has 1 fully saturated rings. The van der Waals surface area contributed by atoms with Gasteiger partial charge < -0.3 is 20.5 Å². The van der Waals surface area contributed by atoms with E-state index in [1.807, 2.05) is 24.3 Å². The van der Waals surface area contributed by atoms with Gasteiger partial charge in [-0.1, -0.05) is 24.3 Å². The number of nitrogens with two attached hydrogens (primary N) is 1. The first-order valence-electron chi connectivity index (χ1n) is 6.39. The van der Waals surface area contributed by atoms with E-state index in [1.165, 1.54) is 0 Å². The zero-order chi connectivity index (χ0) is 13.7. The first-order chi connectivity index (χ1) is 9.22. The van der Waals surface area contributed by atoms with Crippen LogP contribution in [0, 0.1) is 5.92 Å². The van der Waals surface area contributed by atoms with Crippen LogP contribution >= 0.6 is 0 Å². The molecule has 1 saturated heterocycles. The summed E-state index contributed by atoms with van der Waals surface area (Å²) in [7, 11) is 1.66. The molecule has 104 valence electrons. The number of carbonyl (C=O) groups is 1. The van der Waals surface area contributed by atoms with Gasteiger partial charge in [0.05, 0.1) is 25.7 Å². The fraction of sp³-hybridized carbons (Fsp3) is 0.500. The number of carbonyl (C=O) groups excluding carboxylic acids is 1. The van der Waals surface area contributed by atoms with E-state index in [0.717, 1.165) is 11.1 Å². The first-order valence-corrected chi connectivity index (χ1v) is 6.39. The molecular formula is C14H20N2O3. The average molecular weight is 264 g/mol. The molecule has 5 nitrogen and oxygen atoms in total. The summed E-state index contributed by atoms with van der Waals surface area (Å²) in [6.45, 7) is 1.89. The lowest BCUT2D eigenvalue weighted by Gasteiger charge is -2.14. The highest BCUT2D eigenvalue weighted by atomic mass is 16.5. The molecule has 0 radical (unpaired) electrons. The molecule has 5 heteroatoms. The SMILES string of the molecule is COCc1ccccc1CNC(=O)C1COCC1N. The molecule has 0 spiro atoms. The summed E-state index contributed by atoms with van der Waals surface area (Å²) in [5, 5.41) is 2.92. The molecule has 3 N–H and O–H groups in total. The topological polar surface area (TPSA) is 73.6 Å². The summed E-state index contributed by atoms with van der Waals surface area (Å²) in [6, 6.07) is 7.69. The number of hydrogen-bond acceptors (Lipinski definition) is 4. The molecule has 1 aliphatic rings. The molecule has 1 aliphatic heterocycles. The second-order valence-corrected chi connectivity index (χ2v) is 4.73. The van der Waals surface area contributed by atoms with Crippen LogP contribution in [0.15, 0.2) is 24.3 Å². The number of nitrogens with one attached hydrogen (secondary N) is 1. The lowest BCUT2D eigenvalue weighted by atomic mass is 10.0. The first kappa shape index (κ1) is 14.0. The molecule has 0 saturated carbocycles. The number of benzene rings is 1. The fourth-order valence-electron chi connectivity index (χ4n) is 2.18. The second kappa shape index (κ2) is 6.65. The molecule has 2 rings (SSSR count). The largest absolute Gasteiger partial charge is 0.380 e. The van der Waals surface area contributed by atoms with E-state index < -0.39 is 0 Å². The quantitative estimate of drug-likeness (QED) is 0.808.